The number of aromatic carboxylic acids is 2. The topological polar surface area (TPSA) is 74.6 Å². The Hall–Kier alpha value is -1.92. The van der Waals surface area contributed by atoms with E-state index in [0.29, 0.717) is 30.5 Å². The highest BCUT2D eigenvalue weighted by Crippen LogP contribution is 2.34. The van der Waals surface area contributed by atoms with Gasteiger partial charge in [0, 0.05) is 8.95 Å². The molecule has 0 radical (unpaired) electrons. The van der Waals surface area contributed by atoms with Gasteiger partial charge in [0.05, 0.1) is 11.1 Å². The molecule has 3 rings (SSSR count). The zero-order chi connectivity index (χ0) is 16.0. The Bertz CT molecular complexity index is 885. The Labute approximate surface area is 141 Å². The Morgan fingerprint density at radius 2 is 1.05 bits per heavy atom. The Balaban J connectivity index is 2.56. The number of rotatable bonds is 2. The van der Waals surface area contributed by atoms with Crippen molar-refractivity contribution in [3.63, 3.8) is 0 Å². The van der Waals surface area contributed by atoms with Gasteiger partial charge in [0.2, 0.25) is 0 Å². The smallest absolute Gasteiger partial charge is 0.336 e. The molecule has 0 bridgehead atoms. The van der Waals surface area contributed by atoms with Crippen LogP contribution in [0.15, 0.2) is 45.3 Å². The third kappa shape index (κ3) is 2.38. The predicted molar refractivity (Wildman–Crippen MR) is 90.8 cm³/mol. The van der Waals surface area contributed by atoms with Crippen molar-refractivity contribution in [2.75, 3.05) is 0 Å². The molecule has 3 aromatic carbocycles. The van der Waals surface area contributed by atoms with Crippen molar-refractivity contribution < 1.29 is 19.8 Å². The largest absolute Gasteiger partial charge is 0.478 e. The Kier molecular flexibility index (Phi) is 3.66. The highest BCUT2D eigenvalue weighted by molar-refractivity contribution is 9.10. The highest BCUT2D eigenvalue weighted by Gasteiger charge is 2.16. The van der Waals surface area contributed by atoms with Crippen molar-refractivity contribution in [3.8, 4) is 0 Å². The van der Waals surface area contributed by atoms with Crippen LogP contribution in [0.4, 0.5) is 0 Å². The van der Waals surface area contributed by atoms with Crippen LogP contribution >= 0.6 is 31.9 Å². The minimum Gasteiger partial charge on any atom is -0.478 e. The Morgan fingerprint density at radius 1 is 0.682 bits per heavy atom. The second-order valence-electron chi connectivity index (χ2n) is 4.77. The minimum absolute atomic E-state index is 0.170. The molecule has 0 aliphatic heterocycles. The van der Waals surface area contributed by atoms with Gasteiger partial charge in [-0.05, 0) is 45.8 Å². The van der Waals surface area contributed by atoms with Gasteiger partial charge >= 0.3 is 11.9 Å². The molecule has 0 amide bonds. The number of carbonyl (C=O) groups is 2. The van der Waals surface area contributed by atoms with E-state index < -0.39 is 11.9 Å². The maximum atomic E-state index is 11.4. The molecule has 0 heterocycles. The van der Waals surface area contributed by atoms with Crippen LogP contribution in [0, 0.1) is 0 Å². The first-order chi connectivity index (χ1) is 10.4. The maximum absolute atomic E-state index is 11.4. The standard InChI is InChI=1S/C16H8Br2O4/c17-7-3-11-9(13(5-7)15(19)20)1-2-10-12(11)4-8(18)6-14(10)16(21)22/h1-6H,(H,19,20)(H,21,22). The van der Waals surface area contributed by atoms with Crippen molar-refractivity contribution in [2.24, 2.45) is 0 Å². The number of carboxylic acid groups (broad SMARTS) is 2. The van der Waals surface area contributed by atoms with Crippen LogP contribution in [0.25, 0.3) is 21.5 Å². The van der Waals surface area contributed by atoms with Gasteiger partial charge in [0.25, 0.3) is 0 Å². The summed E-state index contributed by atoms with van der Waals surface area (Å²) < 4.78 is 1.25. The molecule has 0 aliphatic carbocycles. The molecule has 2 N–H and O–H groups in total. The SMILES string of the molecule is O=C(O)c1cc(Br)cc2c1ccc1c(C(=O)O)cc(Br)cc12. The molecule has 0 aromatic heterocycles. The molecule has 0 atom stereocenters. The van der Waals surface area contributed by atoms with Crippen LogP contribution in [0.3, 0.4) is 0 Å². The molecule has 0 saturated carbocycles. The molecule has 4 nitrogen and oxygen atoms in total. The first-order valence-electron chi connectivity index (χ1n) is 6.20. The van der Waals surface area contributed by atoms with E-state index in [2.05, 4.69) is 31.9 Å². The molecule has 22 heavy (non-hydrogen) atoms. The summed E-state index contributed by atoms with van der Waals surface area (Å²) in [6.45, 7) is 0. The van der Waals surface area contributed by atoms with Crippen molar-refractivity contribution in [1.29, 1.82) is 0 Å². The van der Waals surface area contributed by atoms with Gasteiger partial charge in [-0.1, -0.05) is 44.0 Å². The third-order valence-corrected chi connectivity index (χ3v) is 4.37. The van der Waals surface area contributed by atoms with E-state index in [1.54, 1.807) is 24.3 Å². The fourth-order valence-electron chi connectivity index (χ4n) is 2.56. The van der Waals surface area contributed by atoms with Crippen LogP contribution in [-0.4, -0.2) is 22.2 Å². The van der Waals surface area contributed by atoms with Gasteiger partial charge in [0.15, 0.2) is 0 Å². The highest BCUT2D eigenvalue weighted by atomic mass is 79.9. The van der Waals surface area contributed by atoms with Crippen LogP contribution in [0.1, 0.15) is 20.7 Å². The van der Waals surface area contributed by atoms with Crippen LogP contribution in [0.2, 0.25) is 0 Å². The van der Waals surface area contributed by atoms with Crippen LogP contribution in [0.5, 0.6) is 0 Å². The number of carboxylic acids is 2. The molecule has 0 aliphatic rings. The summed E-state index contributed by atoms with van der Waals surface area (Å²) in [6.07, 6.45) is 0. The first-order valence-corrected chi connectivity index (χ1v) is 7.79. The summed E-state index contributed by atoms with van der Waals surface area (Å²) in [7, 11) is 0. The molecule has 3 aromatic rings. The molecule has 6 heteroatoms. The number of halogens is 2. The summed E-state index contributed by atoms with van der Waals surface area (Å²) in [5.41, 5.74) is 0.339. The van der Waals surface area contributed by atoms with Crippen molar-refractivity contribution in [3.05, 3.63) is 56.5 Å². The van der Waals surface area contributed by atoms with Gasteiger partial charge in [-0.3, -0.25) is 0 Å². The summed E-state index contributed by atoms with van der Waals surface area (Å²) in [5.74, 6) is -2.06. The van der Waals surface area contributed by atoms with Crippen molar-refractivity contribution in [2.45, 2.75) is 0 Å². The third-order valence-electron chi connectivity index (χ3n) is 3.46. The van der Waals surface area contributed by atoms with Gasteiger partial charge in [-0.15, -0.1) is 0 Å². The Morgan fingerprint density at radius 3 is 1.36 bits per heavy atom. The van der Waals surface area contributed by atoms with E-state index in [1.807, 2.05) is 0 Å². The van der Waals surface area contributed by atoms with E-state index in [1.165, 1.54) is 12.1 Å². The summed E-state index contributed by atoms with van der Waals surface area (Å²) in [4.78, 5) is 22.8. The molecule has 0 saturated heterocycles. The second kappa shape index (κ2) is 5.37. The van der Waals surface area contributed by atoms with E-state index in [9.17, 15) is 19.8 Å². The number of hydrogen-bond acceptors (Lipinski definition) is 2. The zero-order valence-corrected chi connectivity index (χ0v) is 14.1. The molecule has 0 unspecified atom stereocenters. The second-order valence-corrected chi connectivity index (χ2v) is 6.60. The van der Waals surface area contributed by atoms with Gasteiger partial charge in [-0.2, -0.15) is 0 Å². The van der Waals surface area contributed by atoms with Crippen LogP contribution in [-0.2, 0) is 0 Å². The maximum Gasteiger partial charge on any atom is 0.336 e. The van der Waals surface area contributed by atoms with Gasteiger partial charge in [-0.25, -0.2) is 9.59 Å². The van der Waals surface area contributed by atoms with Gasteiger partial charge < -0.3 is 10.2 Å². The lowest BCUT2D eigenvalue weighted by molar-refractivity contribution is 0.0688. The average molecular weight is 424 g/mol. The number of fused-ring (bicyclic) bond motifs is 3. The van der Waals surface area contributed by atoms with E-state index in [4.69, 9.17) is 0 Å². The van der Waals surface area contributed by atoms with Crippen LogP contribution < -0.4 is 0 Å². The van der Waals surface area contributed by atoms with E-state index >= 15 is 0 Å². The summed E-state index contributed by atoms with van der Waals surface area (Å²) in [6, 6.07) is 9.95. The molecule has 110 valence electrons. The quantitative estimate of drug-likeness (QED) is 0.574. The number of benzene rings is 3. The molecule has 0 fully saturated rings. The zero-order valence-electron chi connectivity index (χ0n) is 10.9. The van der Waals surface area contributed by atoms with Crippen molar-refractivity contribution >= 4 is 65.3 Å². The fourth-order valence-corrected chi connectivity index (χ4v) is 3.48. The fraction of sp³-hybridized carbons (Fsp3) is 0. The van der Waals surface area contributed by atoms with Crippen molar-refractivity contribution in [1.82, 2.24) is 0 Å². The average Bonchev–Trinajstić information content (AvgIpc) is 2.45. The lowest BCUT2D eigenvalue weighted by Crippen LogP contribution is -2.00. The minimum atomic E-state index is -1.03. The molecular weight excluding hydrogens is 416 g/mol. The molecular formula is C16H8Br2O4. The van der Waals surface area contributed by atoms with Gasteiger partial charge in [0.1, 0.15) is 0 Å². The first kappa shape index (κ1) is 15.0. The lowest BCUT2D eigenvalue weighted by Gasteiger charge is -2.10. The monoisotopic (exact) mass is 422 g/mol. The summed E-state index contributed by atoms with van der Waals surface area (Å²) in [5, 5.41) is 21.2. The predicted octanol–water partition coefficient (Wildman–Crippen LogP) is 4.91. The number of hydrogen-bond donors (Lipinski definition) is 2. The summed E-state index contributed by atoms with van der Waals surface area (Å²) >= 11 is 6.62. The molecule has 0 spiro atoms. The normalized spacial score (nSPS) is 11.0. The van der Waals surface area contributed by atoms with E-state index in [0.717, 1.165) is 0 Å². The lowest BCUT2D eigenvalue weighted by atomic mass is 9.96. The van der Waals surface area contributed by atoms with E-state index in [-0.39, 0.29) is 11.1 Å².